The summed E-state index contributed by atoms with van der Waals surface area (Å²) in [5, 5.41) is 15.4. The first-order valence-electron chi connectivity index (χ1n) is 10.2. The fourth-order valence-electron chi connectivity index (χ4n) is 3.63. The normalized spacial score (nSPS) is 15.3. The Morgan fingerprint density at radius 1 is 1.25 bits per heavy atom. The molecule has 0 spiro atoms. The molecule has 1 aromatic carbocycles. The first-order valence-corrected chi connectivity index (χ1v) is 10.2. The molecule has 1 atom stereocenters. The van der Waals surface area contributed by atoms with E-state index in [1.54, 1.807) is 37.7 Å². The van der Waals surface area contributed by atoms with Gasteiger partial charge >= 0.3 is 0 Å². The Bertz CT molecular complexity index is 1160. The molecule has 1 saturated heterocycles. The largest absolute Gasteiger partial charge is 0.380 e. The van der Waals surface area contributed by atoms with Crippen LogP contribution in [0.5, 0.6) is 0 Å². The zero-order chi connectivity index (χ0) is 22.5. The van der Waals surface area contributed by atoms with Crippen LogP contribution in [0.15, 0.2) is 48.8 Å². The van der Waals surface area contributed by atoms with Crippen molar-refractivity contribution in [2.24, 2.45) is 0 Å². The fourth-order valence-corrected chi connectivity index (χ4v) is 3.63. The van der Waals surface area contributed by atoms with E-state index in [1.165, 1.54) is 6.92 Å². The van der Waals surface area contributed by atoms with Crippen molar-refractivity contribution in [2.45, 2.75) is 19.4 Å². The third kappa shape index (κ3) is 4.82. The van der Waals surface area contributed by atoms with Gasteiger partial charge in [0.05, 0.1) is 34.9 Å². The standard InChI is InChI=1S/C23H23N7O2/c1-15(31)27-22-6-4-18(13-26-22)28-23-25-9-7-20(29-23)16-3-5-21(17(11-16)12-24)30-10-8-19(14-30)32-2/h3-7,9,11,13,19H,8,10,14H2,1-2H3,(H,25,28,29)(H,26,27,31). The summed E-state index contributed by atoms with van der Waals surface area (Å²) in [6.07, 6.45) is 4.39. The molecule has 9 nitrogen and oxygen atoms in total. The molecule has 2 aromatic heterocycles. The van der Waals surface area contributed by atoms with Crippen molar-refractivity contribution in [3.8, 4) is 17.3 Å². The molecule has 1 aliphatic heterocycles. The van der Waals surface area contributed by atoms with Crippen LogP contribution in [0, 0.1) is 11.3 Å². The van der Waals surface area contributed by atoms with Crippen LogP contribution in [0.2, 0.25) is 0 Å². The lowest BCUT2D eigenvalue weighted by atomic mass is 10.1. The number of ether oxygens (including phenoxy) is 1. The summed E-state index contributed by atoms with van der Waals surface area (Å²) in [6.45, 7) is 3.07. The molecule has 3 heterocycles. The number of nitrogens with one attached hydrogen (secondary N) is 2. The van der Waals surface area contributed by atoms with E-state index in [2.05, 4.69) is 36.6 Å². The molecule has 9 heteroatoms. The second kappa shape index (κ2) is 9.41. The van der Waals surface area contributed by atoms with Crippen LogP contribution in [-0.4, -0.2) is 47.2 Å². The number of carbonyl (C=O) groups is 1. The predicted octanol–water partition coefficient (Wildman–Crippen LogP) is 3.34. The Morgan fingerprint density at radius 3 is 2.81 bits per heavy atom. The van der Waals surface area contributed by atoms with Crippen molar-refractivity contribution in [3.05, 3.63) is 54.4 Å². The Kier molecular flexibility index (Phi) is 6.24. The lowest BCUT2D eigenvalue weighted by Crippen LogP contribution is -2.22. The predicted molar refractivity (Wildman–Crippen MR) is 122 cm³/mol. The number of nitriles is 1. The molecule has 32 heavy (non-hydrogen) atoms. The number of carbonyl (C=O) groups excluding carboxylic acids is 1. The number of hydrogen-bond acceptors (Lipinski definition) is 8. The molecule has 1 fully saturated rings. The SMILES string of the molecule is COC1CCN(c2ccc(-c3ccnc(Nc4ccc(NC(C)=O)nc4)n3)cc2C#N)C1. The molecule has 0 bridgehead atoms. The van der Waals surface area contributed by atoms with Gasteiger partial charge in [-0.25, -0.2) is 15.0 Å². The molecule has 3 aromatic rings. The molecule has 0 aliphatic carbocycles. The van der Waals surface area contributed by atoms with Crippen molar-refractivity contribution in [3.63, 3.8) is 0 Å². The summed E-state index contributed by atoms with van der Waals surface area (Å²) >= 11 is 0. The van der Waals surface area contributed by atoms with Gasteiger partial charge in [-0.3, -0.25) is 4.79 Å². The van der Waals surface area contributed by atoms with Crippen molar-refractivity contribution in [1.82, 2.24) is 15.0 Å². The number of pyridine rings is 1. The van der Waals surface area contributed by atoms with Gasteiger partial charge in [-0.15, -0.1) is 0 Å². The van der Waals surface area contributed by atoms with Crippen LogP contribution in [0.1, 0.15) is 18.9 Å². The highest BCUT2D eigenvalue weighted by atomic mass is 16.5. The second-order valence-corrected chi connectivity index (χ2v) is 7.44. The molecule has 2 N–H and O–H groups in total. The maximum absolute atomic E-state index is 11.1. The summed E-state index contributed by atoms with van der Waals surface area (Å²) in [5.41, 5.74) is 3.73. The van der Waals surface area contributed by atoms with Crippen LogP contribution >= 0.6 is 0 Å². The molecular weight excluding hydrogens is 406 g/mol. The molecule has 0 radical (unpaired) electrons. The Hall–Kier alpha value is -4.03. The number of methoxy groups -OCH3 is 1. The van der Waals surface area contributed by atoms with Gasteiger partial charge in [0, 0.05) is 38.9 Å². The number of aromatic nitrogens is 3. The van der Waals surface area contributed by atoms with Gasteiger partial charge in [0.15, 0.2) is 0 Å². The van der Waals surface area contributed by atoms with E-state index in [-0.39, 0.29) is 12.0 Å². The number of benzene rings is 1. The lowest BCUT2D eigenvalue weighted by Gasteiger charge is -2.20. The molecule has 162 valence electrons. The van der Waals surface area contributed by atoms with Crippen LogP contribution in [-0.2, 0) is 9.53 Å². The quantitative estimate of drug-likeness (QED) is 0.613. The van der Waals surface area contributed by atoms with Gasteiger partial charge < -0.3 is 20.3 Å². The summed E-state index contributed by atoms with van der Waals surface area (Å²) in [4.78, 5) is 26.3. The van der Waals surface area contributed by atoms with Crippen LogP contribution in [0.25, 0.3) is 11.3 Å². The topological polar surface area (TPSA) is 116 Å². The van der Waals surface area contributed by atoms with Gasteiger partial charge in [-0.2, -0.15) is 5.26 Å². The third-order valence-electron chi connectivity index (χ3n) is 5.21. The average molecular weight is 429 g/mol. The van der Waals surface area contributed by atoms with Crippen molar-refractivity contribution in [1.29, 1.82) is 5.26 Å². The first-order chi connectivity index (χ1) is 15.6. The molecular formula is C23H23N7O2. The molecule has 1 unspecified atom stereocenters. The van der Waals surface area contributed by atoms with Crippen LogP contribution in [0.3, 0.4) is 0 Å². The number of anilines is 4. The Morgan fingerprint density at radius 2 is 2.12 bits per heavy atom. The minimum atomic E-state index is -0.180. The number of amides is 1. The fraction of sp³-hybridized carbons (Fsp3) is 0.261. The number of hydrogen-bond donors (Lipinski definition) is 2. The zero-order valence-electron chi connectivity index (χ0n) is 17.9. The van der Waals surface area contributed by atoms with Crippen LogP contribution in [0.4, 0.5) is 23.1 Å². The van der Waals surface area contributed by atoms with E-state index in [9.17, 15) is 10.1 Å². The second-order valence-electron chi connectivity index (χ2n) is 7.44. The molecule has 1 aliphatic rings. The lowest BCUT2D eigenvalue weighted by molar-refractivity contribution is -0.114. The third-order valence-corrected chi connectivity index (χ3v) is 5.21. The maximum Gasteiger partial charge on any atom is 0.227 e. The van der Waals surface area contributed by atoms with Crippen molar-refractivity contribution in [2.75, 3.05) is 35.7 Å². The van der Waals surface area contributed by atoms with E-state index in [4.69, 9.17) is 4.74 Å². The highest BCUT2D eigenvalue weighted by Gasteiger charge is 2.24. The summed E-state index contributed by atoms with van der Waals surface area (Å²) in [5.74, 6) is 0.693. The summed E-state index contributed by atoms with van der Waals surface area (Å²) in [7, 11) is 1.72. The van der Waals surface area contributed by atoms with Gasteiger partial charge in [0.25, 0.3) is 0 Å². The maximum atomic E-state index is 11.1. The minimum Gasteiger partial charge on any atom is -0.380 e. The summed E-state index contributed by atoms with van der Waals surface area (Å²) < 4.78 is 5.44. The first kappa shape index (κ1) is 21.2. The van der Waals surface area contributed by atoms with E-state index in [0.717, 1.165) is 30.8 Å². The minimum absolute atomic E-state index is 0.180. The van der Waals surface area contributed by atoms with Crippen LogP contribution < -0.4 is 15.5 Å². The van der Waals surface area contributed by atoms with Gasteiger partial charge in [-0.1, -0.05) is 6.07 Å². The summed E-state index contributed by atoms with van der Waals surface area (Å²) in [6, 6.07) is 13.4. The van der Waals surface area contributed by atoms with E-state index < -0.39 is 0 Å². The van der Waals surface area contributed by atoms with E-state index >= 15 is 0 Å². The van der Waals surface area contributed by atoms with E-state index in [0.29, 0.717) is 28.7 Å². The average Bonchev–Trinajstić information content (AvgIpc) is 3.29. The van der Waals surface area contributed by atoms with Crippen molar-refractivity contribution >= 4 is 29.0 Å². The van der Waals surface area contributed by atoms with E-state index in [1.807, 2.05) is 18.2 Å². The monoisotopic (exact) mass is 429 g/mol. The van der Waals surface area contributed by atoms with Gasteiger partial charge in [0.1, 0.15) is 11.9 Å². The zero-order valence-corrected chi connectivity index (χ0v) is 17.9. The Labute approximate surface area is 186 Å². The Balaban J connectivity index is 1.53. The van der Waals surface area contributed by atoms with Gasteiger partial charge in [-0.05, 0) is 36.8 Å². The molecule has 0 saturated carbocycles. The number of rotatable bonds is 6. The highest BCUT2D eigenvalue weighted by Crippen LogP contribution is 2.29. The smallest absolute Gasteiger partial charge is 0.227 e. The molecule has 1 amide bonds. The number of nitrogens with zero attached hydrogens (tertiary/aromatic N) is 5. The van der Waals surface area contributed by atoms with Gasteiger partial charge in [0.2, 0.25) is 11.9 Å². The molecule has 4 rings (SSSR count). The van der Waals surface area contributed by atoms with Crippen molar-refractivity contribution < 1.29 is 9.53 Å². The highest BCUT2D eigenvalue weighted by molar-refractivity contribution is 5.87.